The highest BCUT2D eigenvalue weighted by Gasteiger charge is 2.16. The van der Waals surface area contributed by atoms with E-state index in [4.69, 9.17) is 17.0 Å². The van der Waals surface area contributed by atoms with E-state index in [1.54, 1.807) is 0 Å². The maximum Gasteiger partial charge on any atom is 0.253 e. The van der Waals surface area contributed by atoms with E-state index in [1.807, 2.05) is 13.0 Å². The summed E-state index contributed by atoms with van der Waals surface area (Å²) < 4.78 is 5.44. The monoisotopic (exact) mass is 444 g/mol. The van der Waals surface area contributed by atoms with Gasteiger partial charge in [-0.1, -0.05) is 25.5 Å². The van der Waals surface area contributed by atoms with Gasteiger partial charge in [0.05, 0.1) is 25.3 Å². The minimum absolute atomic E-state index is 0.0317. The number of morpholine rings is 1. The van der Waals surface area contributed by atoms with E-state index < -0.39 is 0 Å². The van der Waals surface area contributed by atoms with Gasteiger partial charge in [-0.2, -0.15) is 0 Å². The maximum absolute atomic E-state index is 12.9. The smallest absolute Gasteiger partial charge is 0.253 e. The summed E-state index contributed by atoms with van der Waals surface area (Å²) in [5.41, 5.74) is 3.91. The van der Waals surface area contributed by atoms with Gasteiger partial charge in [0.1, 0.15) is 0 Å². The van der Waals surface area contributed by atoms with Gasteiger partial charge in [-0.15, -0.1) is 0 Å². The fraction of sp³-hybridized carbons (Fsp3) is 0.583. The minimum Gasteiger partial charge on any atom is -0.379 e. The van der Waals surface area contributed by atoms with Gasteiger partial charge in [0.15, 0.2) is 5.11 Å². The average Bonchev–Trinajstić information content (AvgIpc) is 2.77. The number of nitrogens with one attached hydrogen (secondary N) is 2. The molecule has 1 fully saturated rings. The van der Waals surface area contributed by atoms with Crippen molar-refractivity contribution in [2.45, 2.75) is 46.6 Å². The summed E-state index contributed by atoms with van der Waals surface area (Å²) in [4.78, 5) is 20.6. The second-order valence-corrected chi connectivity index (χ2v) is 8.81. The van der Waals surface area contributed by atoms with Crippen LogP contribution in [0.4, 0.5) is 0 Å². The number of H-pyrrole nitrogens is 1. The van der Waals surface area contributed by atoms with E-state index in [0.29, 0.717) is 6.54 Å². The molecule has 1 aromatic heterocycles. The quantitative estimate of drug-likeness (QED) is 0.457. The standard InChI is InChI=1S/C24H36N4O2S/c1-4-5-9-25-24(31)28(11-6-10-27-12-14-30-15-13-27)17-20-16-21-18(2)7-8-19(3)22(21)26-23(20)29/h7-8,16H,4-6,9-15,17H2,1-3H3,(H,25,31)(H,26,29). The second kappa shape index (κ2) is 11.6. The minimum atomic E-state index is -0.0317. The molecule has 0 radical (unpaired) electrons. The van der Waals surface area contributed by atoms with Crippen molar-refractivity contribution in [1.29, 1.82) is 0 Å². The number of aromatic amines is 1. The molecule has 0 bridgehead atoms. The van der Waals surface area contributed by atoms with E-state index in [2.05, 4.69) is 46.1 Å². The molecule has 3 rings (SSSR count). The normalized spacial score (nSPS) is 14.7. The van der Waals surface area contributed by atoms with Crippen molar-refractivity contribution in [2.24, 2.45) is 0 Å². The number of fused-ring (bicyclic) bond motifs is 1. The second-order valence-electron chi connectivity index (χ2n) is 8.43. The summed E-state index contributed by atoms with van der Waals surface area (Å²) in [6.45, 7) is 13.1. The first-order chi connectivity index (χ1) is 15.0. The third-order valence-electron chi connectivity index (χ3n) is 5.98. The van der Waals surface area contributed by atoms with Crippen LogP contribution in [0.5, 0.6) is 0 Å². The first-order valence-electron chi connectivity index (χ1n) is 11.4. The Morgan fingerprint density at radius 2 is 1.97 bits per heavy atom. The van der Waals surface area contributed by atoms with Crippen molar-refractivity contribution < 1.29 is 4.74 Å². The molecule has 6 nitrogen and oxygen atoms in total. The highest BCUT2D eigenvalue weighted by molar-refractivity contribution is 7.80. The van der Waals surface area contributed by atoms with Crippen molar-refractivity contribution in [3.63, 3.8) is 0 Å². The van der Waals surface area contributed by atoms with Gasteiger partial charge in [0.25, 0.3) is 5.56 Å². The Hall–Kier alpha value is -1.96. The molecule has 2 heterocycles. The molecule has 0 atom stereocenters. The molecule has 1 aliphatic heterocycles. The number of unbranched alkanes of at least 4 members (excludes halogenated alkanes) is 1. The van der Waals surface area contributed by atoms with Crippen LogP contribution in [0.3, 0.4) is 0 Å². The number of thiocarbonyl (C=S) groups is 1. The number of nitrogens with zero attached hydrogens (tertiary/aromatic N) is 2. The van der Waals surface area contributed by atoms with Gasteiger partial charge < -0.3 is 19.9 Å². The highest BCUT2D eigenvalue weighted by Crippen LogP contribution is 2.20. The summed E-state index contributed by atoms with van der Waals surface area (Å²) in [6.07, 6.45) is 3.20. The van der Waals surface area contributed by atoms with Gasteiger partial charge in [-0.25, -0.2) is 0 Å². The highest BCUT2D eigenvalue weighted by atomic mass is 32.1. The molecule has 2 N–H and O–H groups in total. The van der Waals surface area contributed by atoms with Crippen molar-refractivity contribution in [3.8, 4) is 0 Å². The number of pyridine rings is 1. The molecule has 1 aromatic carbocycles. The largest absolute Gasteiger partial charge is 0.379 e. The Morgan fingerprint density at radius 1 is 1.23 bits per heavy atom. The topological polar surface area (TPSA) is 60.6 Å². The summed E-state index contributed by atoms with van der Waals surface area (Å²) >= 11 is 5.71. The van der Waals surface area contributed by atoms with Crippen molar-refractivity contribution in [2.75, 3.05) is 45.9 Å². The molecule has 2 aromatic rings. The van der Waals surface area contributed by atoms with Crippen LogP contribution in [-0.2, 0) is 11.3 Å². The molecule has 7 heteroatoms. The van der Waals surface area contributed by atoms with Crippen molar-refractivity contribution in [3.05, 3.63) is 45.2 Å². The Balaban J connectivity index is 1.74. The third-order valence-corrected chi connectivity index (χ3v) is 6.38. The average molecular weight is 445 g/mol. The van der Waals surface area contributed by atoms with Gasteiger partial charge >= 0.3 is 0 Å². The van der Waals surface area contributed by atoms with E-state index in [1.165, 1.54) is 5.56 Å². The summed E-state index contributed by atoms with van der Waals surface area (Å²) in [5.74, 6) is 0. The number of rotatable bonds is 9. The maximum atomic E-state index is 12.9. The first-order valence-corrected chi connectivity index (χ1v) is 11.9. The number of aromatic nitrogens is 1. The molecule has 0 spiro atoms. The van der Waals surface area contributed by atoms with Crippen LogP contribution in [0.25, 0.3) is 10.9 Å². The van der Waals surface area contributed by atoms with Gasteiger partial charge in [-0.05, 0) is 56.1 Å². The van der Waals surface area contributed by atoms with Crippen molar-refractivity contribution >= 4 is 28.2 Å². The van der Waals surface area contributed by atoms with Gasteiger partial charge in [0.2, 0.25) is 0 Å². The van der Waals surface area contributed by atoms with E-state index >= 15 is 0 Å². The Morgan fingerprint density at radius 3 is 2.71 bits per heavy atom. The van der Waals surface area contributed by atoms with E-state index in [-0.39, 0.29) is 5.56 Å². The molecule has 170 valence electrons. The molecule has 1 saturated heterocycles. The lowest BCUT2D eigenvalue weighted by molar-refractivity contribution is 0.0367. The van der Waals surface area contributed by atoms with Crippen molar-refractivity contribution in [1.82, 2.24) is 20.1 Å². The molecule has 0 aliphatic carbocycles. The molecular weight excluding hydrogens is 408 g/mol. The lowest BCUT2D eigenvalue weighted by Gasteiger charge is -2.29. The number of hydrogen-bond donors (Lipinski definition) is 2. The van der Waals surface area contributed by atoms with Gasteiger partial charge in [0, 0.05) is 43.7 Å². The summed E-state index contributed by atoms with van der Waals surface area (Å²) in [5, 5.41) is 5.22. The Labute approximate surface area is 191 Å². The summed E-state index contributed by atoms with van der Waals surface area (Å²) in [6, 6.07) is 6.20. The fourth-order valence-electron chi connectivity index (χ4n) is 3.99. The van der Waals surface area contributed by atoms with Crippen LogP contribution in [0.15, 0.2) is 23.0 Å². The number of hydrogen-bond acceptors (Lipinski definition) is 4. The molecule has 1 aliphatic rings. The predicted octanol–water partition coefficient (Wildman–Crippen LogP) is 3.34. The number of ether oxygens (including phenoxy) is 1. The predicted molar refractivity (Wildman–Crippen MR) is 132 cm³/mol. The first kappa shape index (κ1) is 23.7. The lowest BCUT2D eigenvalue weighted by Crippen LogP contribution is -2.43. The van der Waals surface area contributed by atoms with Crippen LogP contribution in [0, 0.1) is 13.8 Å². The number of benzene rings is 1. The zero-order chi connectivity index (χ0) is 22.2. The zero-order valence-electron chi connectivity index (χ0n) is 19.1. The van der Waals surface area contributed by atoms with E-state index in [0.717, 1.165) is 92.3 Å². The van der Waals surface area contributed by atoms with Gasteiger partial charge in [-0.3, -0.25) is 9.69 Å². The third kappa shape index (κ3) is 6.51. The molecule has 31 heavy (non-hydrogen) atoms. The molecule has 0 saturated carbocycles. The van der Waals surface area contributed by atoms with E-state index in [9.17, 15) is 4.79 Å². The Bertz CT molecular complexity index is 937. The summed E-state index contributed by atoms with van der Waals surface area (Å²) in [7, 11) is 0. The van der Waals surface area contributed by atoms with Crippen LogP contribution in [-0.4, -0.2) is 65.8 Å². The van der Waals surface area contributed by atoms with Crippen LogP contribution in [0.2, 0.25) is 0 Å². The Kier molecular flexibility index (Phi) is 8.87. The molecule has 0 unspecified atom stereocenters. The molecular formula is C24H36N4O2S. The fourth-order valence-corrected chi connectivity index (χ4v) is 4.25. The SMILES string of the molecule is CCCCNC(=S)N(CCCN1CCOCC1)Cc1cc2c(C)ccc(C)c2[nH]c1=O. The van der Waals surface area contributed by atoms with Crippen LogP contribution < -0.4 is 10.9 Å². The van der Waals surface area contributed by atoms with Crippen LogP contribution >= 0.6 is 12.2 Å². The van der Waals surface area contributed by atoms with Crippen LogP contribution in [0.1, 0.15) is 42.9 Å². The molecule has 0 amide bonds. The zero-order valence-corrected chi connectivity index (χ0v) is 19.9. The number of aryl methyl sites for hydroxylation is 2. The lowest BCUT2D eigenvalue weighted by atomic mass is 10.0.